The normalized spacial score (nSPS) is 30.0. The zero-order valence-electron chi connectivity index (χ0n) is 13.4. The summed E-state index contributed by atoms with van der Waals surface area (Å²) >= 11 is 0. The predicted molar refractivity (Wildman–Crippen MR) is 77.6 cm³/mol. The summed E-state index contributed by atoms with van der Waals surface area (Å²) in [5.74, 6) is -1.24. The Bertz CT molecular complexity index is 424. The van der Waals surface area contributed by atoms with Crippen molar-refractivity contribution in [3.63, 3.8) is 0 Å². The lowest BCUT2D eigenvalue weighted by Gasteiger charge is -2.39. The number of hydrogen-bond acceptors (Lipinski definition) is 5. The molecule has 0 aromatic heterocycles. The highest BCUT2D eigenvalue weighted by molar-refractivity contribution is 5.80. The molecule has 0 aromatic rings. The number of hydrogen-bond donors (Lipinski definition) is 2. The summed E-state index contributed by atoms with van der Waals surface area (Å²) in [4.78, 5) is 23.4. The minimum atomic E-state index is -1.05. The summed E-state index contributed by atoms with van der Waals surface area (Å²) in [5.41, 5.74) is -1.06. The van der Waals surface area contributed by atoms with Crippen LogP contribution in [0.25, 0.3) is 0 Å². The number of carboxylic acids is 1. The molecule has 0 radical (unpaired) electrons. The van der Waals surface area contributed by atoms with Crippen LogP contribution in [0.3, 0.4) is 0 Å². The number of rotatable bonds is 3. The minimum absolute atomic E-state index is 0.194. The summed E-state index contributed by atoms with van der Waals surface area (Å²) in [6.07, 6.45) is 1.22. The van der Waals surface area contributed by atoms with E-state index in [0.717, 1.165) is 6.42 Å². The van der Waals surface area contributed by atoms with Gasteiger partial charge in [0.2, 0.25) is 0 Å². The van der Waals surface area contributed by atoms with Crippen molar-refractivity contribution in [1.82, 2.24) is 5.32 Å². The van der Waals surface area contributed by atoms with Crippen LogP contribution in [-0.2, 0) is 19.0 Å². The summed E-state index contributed by atoms with van der Waals surface area (Å²) in [5, 5.41) is 12.0. The zero-order chi connectivity index (χ0) is 16.4. The standard InChI is InChI=1S/C15H25NO6/c1-14(2,3)22-13(19)16-11(12(17)18)10-4-6-21-15(8-10)5-7-20-9-15/h10-11H,4-9H2,1-3H3,(H,16,19)(H,17,18). The Morgan fingerprint density at radius 1 is 1.36 bits per heavy atom. The topological polar surface area (TPSA) is 94.1 Å². The van der Waals surface area contributed by atoms with E-state index in [-0.39, 0.29) is 5.92 Å². The first-order chi connectivity index (χ1) is 10.2. The molecule has 0 aliphatic carbocycles. The fraction of sp³-hybridized carbons (Fsp3) is 0.867. The van der Waals surface area contributed by atoms with E-state index in [1.807, 2.05) is 0 Å². The lowest BCUT2D eigenvalue weighted by molar-refractivity contribution is -0.146. The van der Waals surface area contributed by atoms with Gasteiger partial charge in [0.25, 0.3) is 0 Å². The molecule has 2 N–H and O–H groups in total. The molecule has 2 fully saturated rings. The summed E-state index contributed by atoms with van der Waals surface area (Å²) in [7, 11) is 0. The van der Waals surface area contributed by atoms with E-state index in [4.69, 9.17) is 14.2 Å². The number of carbonyl (C=O) groups is 2. The lowest BCUT2D eigenvalue weighted by atomic mass is 9.81. The van der Waals surface area contributed by atoms with Crippen molar-refractivity contribution in [2.75, 3.05) is 19.8 Å². The third-order valence-electron chi connectivity index (χ3n) is 4.01. The quantitative estimate of drug-likeness (QED) is 0.820. The number of carbonyl (C=O) groups excluding carboxylic acids is 1. The second-order valence-corrected chi connectivity index (χ2v) is 7.05. The molecular formula is C15H25NO6. The van der Waals surface area contributed by atoms with E-state index in [2.05, 4.69) is 5.32 Å². The first-order valence-corrected chi connectivity index (χ1v) is 7.65. The maximum atomic E-state index is 11.9. The van der Waals surface area contributed by atoms with Gasteiger partial charge in [-0.05, 0) is 39.5 Å². The van der Waals surface area contributed by atoms with Gasteiger partial charge >= 0.3 is 12.1 Å². The summed E-state index contributed by atoms with van der Waals surface area (Å²) in [6, 6.07) is -0.976. The van der Waals surface area contributed by atoms with Gasteiger partial charge in [-0.3, -0.25) is 0 Å². The summed E-state index contributed by atoms with van der Waals surface area (Å²) < 4.78 is 16.4. The van der Waals surface area contributed by atoms with Crippen molar-refractivity contribution in [1.29, 1.82) is 0 Å². The molecule has 0 bridgehead atoms. The van der Waals surface area contributed by atoms with Crippen LogP contribution in [0.1, 0.15) is 40.0 Å². The van der Waals surface area contributed by atoms with Crippen LogP contribution in [0, 0.1) is 5.92 Å². The van der Waals surface area contributed by atoms with Crippen LogP contribution in [0.15, 0.2) is 0 Å². The predicted octanol–water partition coefficient (Wildman–Crippen LogP) is 1.55. The molecule has 3 unspecified atom stereocenters. The fourth-order valence-corrected chi connectivity index (χ4v) is 3.03. The molecule has 22 heavy (non-hydrogen) atoms. The lowest BCUT2D eigenvalue weighted by Crippen LogP contribution is -2.52. The molecule has 3 atom stereocenters. The Morgan fingerprint density at radius 2 is 2.09 bits per heavy atom. The zero-order valence-corrected chi connectivity index (χ0v) is 13.4. The van der Waals surface area contributed by atoms with Gasteiger partial charge in [0.15, 0.2) is 0 Å². The van der Waals surface area contributed by atoms with E-state index < -0.39 is 29.3 Å². The average molecular weight is 315 g/mol. The molecule has 2 aliphatic heterocycles. The van der Waals surface area contributed by atoms with Gasteiger partial charge in [-0.2, -0.15) is 0 Å². The molecule has 0 saturated carbocycles. The molecule has 2 aliphatic rings. The Balaban J connectivity index is 2.01. The second kappa shape index (κ2) is 6.42. The van der Waals surface area contributed by atoms with Crippen LogP contribution in [-0.4, -0.2) is 54.2 Å². The first-order valence-electron chi connectivity index (χ1n) is 7.65. The third kappa shape index (κ3) is 4.33. The molecule has 1 spiro atoms. The van der Waals surface area contributed by atoms with E-state index in [1.54, 1.807) is 20.8 Å². The average Bonchev–Trinajstić information content (AvgIpc) is 2.81. The Kier molecular flexibility index (Phi) is 4.97. The fourth-order valence-electron chi connectivity index (χ4n) is 3.03. The monoisotopic (exact) mass is 315 g/mol. The van der Waals surface area contributed by atoms with Gasteiger partial charge in [0.1, 0.15) is 11.6 Å². The third-order valence-corrected chi connectivity index (χ3v) is 4.01. The minimum Gasteiger partial charge on any atom is -0.480 e. The van der Waals surface area contributed by atoms with Gasteiger partial charge in [-0.15, -0.1) is 0 Å². The highest BCUT2D eigenvalue weighted by Gasteiger charge is 2.45. The van der Waals surface area contributed by atoms with E-state index >= 15 is 0 Å². The van der Waals surface area contributed by atoms with Crippen LogP contribution in [0.5, 0.6) is 0 Å². The van der Waals surface area contributed by atoms with E-state index in [0.29, 0.717) is 32.7 Å². The van der Waals surface area contributed by atoms with Gasteiger partial charge in [0, 0.05) is 19.6 Å². The largest absolute Gasteiger partial charge is 0.480 e. The number of nitrogens with one attached hydrogen (secondary N) is 1. The molecule has 2 heterocycles. The number of carboxylic acid groups (broad SMARTS) is 1. The molecule has 0 aromatic carbocycles. The molecule has 1 amide bonds. The van der Waals surface area contributed by atoms with Gasteiger partial charge in [0.05, 0.1) is 12.2 Å². The van der Waals surface area contributed by atoms with Gasteiger partial charge in [-0.25, -0.2) is 9.59 Å². The van der Waals surface area contributed by atoms with Crippen LogP contribution >= 0.6 is 0 Å². The second-order valence-electron chi connectivity index (χ2n) is 7.05. The van der Waals surface area contributed by atoms with Crippen molar-refractivity contribution >= 4 is 12.1 Å². The van der Waals surface area contributed by atoms with E-state index in [9.17, 15) is 14.7 Å². The van der Waals surface area contributed by atoms with Crippen molar-refractivity contribution < 1.29 is 28.9 Å². The molecule has 126 valence electrons. The number of alkyl carbamates (subject to hydrolysis) is 1. The van der Waals surface area contributed by atoms with Crippen LogP contribution in [0.2, 0.25) is 0 Å². The first kappa shape index (κ1) is 17.0. The SMILES string of the molecule is CC(C)(C)OC(=O)NC(C(=O)O)C1CCOC2(CCOC2)C1. The number of aliphatic carboxylic acids is 1. The van der Waals surface area contributed by atoms with E-state index in [1.165, 1.54) is 0 Å². The van der Waals surface area contributed by atoms with Crippen LogP contribution < -0.4 is 5.32 Å². The molecule has 7 heteroatoms. The maximum Gasteiger partial charge on any atom is 0.408 e. The van der Waals surface area contributed by atoms with Crippen molar-refractivity contribution in [2.45, 2.75) is 57.3 Å². The highest BCUT2D eigenvalue weighted by Crippen LogP contribution is 2.37. The van der Waals surface area contributed by atoms with Crippen molar-refractivity contribution in [3.8, 4) is 0 Å². The molecule has 7 nitrogen and oxygen atoms in total. The summed E-state index contributed by atoms with van der Waals surface area (Å²) in [6.45, 7) is 6.81. The number of ether oxygens (including phenoxy) is 3. The highest BCUT2D eigenvalue weighted by atomic mass is 16.6. The molecular weight excluding hydrogens is 290 g/mol. The van der Waals surface area contributed by atoms with Gasteiger partial charge < -0.3 is 24.6 Å². The Hall–Kier alpha value is -1.34. The van der Waals surface area contributed by atoms with Gasteiger partial charge in [-0.1, -0.05) is 0 Å². The Labute approximate surface area is 130 Å². The number of amides is 1. The smallest absolute Gasteiger partial charge is 0.408 e. The Morgan fingerprint density at radius 3 is 2.64 bits per heavy atom. The van der Waals surface area contributed by atoms with Crippen molar-refractivity contribution in [2.24, 2.45) is 5.92 Å². The van der Waals surface area contributed by atoms with Crippen LogP contribution in [0.4, 0.5) is 4.79 Å². The van der Waals surface area contributed by atoms with Crippen molar-refractivity contribution in [3.05, 3.63) is 0 Å². The molecule has 2 saturated heterocycles. The maximum absolute atomic E-state index is 11.9. The molecule has 2 rings (SSSR count).